The zero-order valence-corrected chi connectivity index (χ0v) is 12.5. The zero-order chi connectivity index (χ0) is 14.6. The summed E-state index contributed by atoms with van der Waals surface area (Å²) in [5.41, 5.74) is 5.81. The smallest absolute Gasteiger partial charge is 0.301 e. The minimum absolute atomic E-state index is 0.123. The maximum atomic E-state index is 12.1. The van der Waals surface area contributed by atoms with E-state index in [1.165, 1.54) is 4.31 Å². The first kappa shape index (κ1) is 15.0. The molecule has 0 spiro atoms. The second-order valence-electron chi connectivity index (χ2n) is 4.50. The first-order valence-corrected chi connectivity index (χ1v) is 8.11. The Morgan fingerprint density at radius 3 is 2.75 bits per heavy atom. The molecule has 0 saturated carbocycles. The van der Waals surface area contributed by atoms with Gasteiger partial charge in [-0.1, -0.05) is 18.3 Å². The molecule has 0 atom stereocenters. The number of hydrogen-bond acceptors (Lipinski definition) is 4. The van der Waals surface area contributed by atoms with Crippen LogP contribution in [0, 0.1) is 0 Å². The van der Waals surface area contributed by atoms with Gasteiger partial charge in [0.05, 0.1) is 5.69 Å². The molecule has 8 heteroatoms. The van der Waals surface area contributed by atoms with Gasteiger partial charge in [0.15, 0.2) is 0 Å². The fraction of sp³-hybridized carbons (Fsp3) is 0.417. The van der Waals surface area contributed by atoms with E-state index < -0.39 is 10.2 Å². The molecule has 3 N–H and O–H groups in total. The molecule has 0 amide bonds. The molecule has 1 aromatic carbocycles. The van der Waals surface area contributed by atoms with Crippen molar-refractivity contribution in [2.45, 2.75) is 12.8 Å². The number of rotatable bonds is 6. The molecule has 0 unspecified atom stereocenters. The highest BCUT2D eigenvalue weighted by Crippen LogP contribution is 2.20. The van der Waals surface area contributed by atoms with Crippen LogP contribution < -0.4 is 15.2 Å². The first-order chi connectivity index (χ1) is 9.47. The van der Waals surface area contributed by atoms with E-state index in [9.17, 15) is 8.42 Å². The molecule has 110 valence electrons. The normalized spacial score (nSPS) is 16.0. The van der Waals surface area contributed by atoms with Crippen molar-refractivity contribution in [3.63, 3.8) is 0 Å². The van der Waals surface area contributed by atoms with E-state index in [1.54, 1.807) is 24.3 Å². The Hall–Kier alpha value is -1.38. The summed E-state index contributed by atoms with van der Waals surface area (Å²) in [5, 5.41) is 0. The van der Waals surface area contributed by atoms with Gasteiger partial charge in [0.2, 0.25) is 0 Å². The van der Waals surface area contributed by atoms with Crippen molar-refractivity contribution in [1.82, 2.24) is 4.31 Å². The topological polar surface area (TPSA) is 84.7 Å². The van der Waals surface area contributed by atoms with E-state index in [-0.39, 0.29) is 11.6 Å². The highest BCUT2D eigenvalue weighted by Gasteiger charge is 2.25. The van der Waals surface area contributed by atoms with Crippen LogP contribution in [-0.4, -0.2) is 37.4 Å². The van der Waals surface area contributed by atoms with Gasteiger partial charge in [-0.25, -0.2) is 0 Å². The van der Waals surface area contributed by atoms with Crippen molar-refractivity contribution in [2.75, 3.05) is 24.4 Å². The van der Waals surface area contributed by atoms with Gasteiger partial charge in [0.25, 0.3) is 0 Å². The Balaban J connectivity index is 2.05. The quantitative estimate of drug-likeness (QED) is 0.768. The van der Waals surface area contributed by atoms with Gasteiger partial charge in [-0.15, -0.1) is 0 Å². The maximum absolute atomic E-state index is 12.1. The lowest BCUT2D eigenvalue weighted by molar-refractivity contribution is 0.378. The van der Waals surface area contributed by atoms with Crippen molar-refractivity contribution < 1.29 is 13.2 Å². The molecule has 0 bridgehead atoms. The molecule has 1 heterocycles. The summed E-state index contributed by atoms with van der Waals surface area (Å²) >= 11 is 4.72. The summed E-state index contributed by atoms with van der Waals surface area (Å²) in [6, 6.07) is 6.69. The summed E-state index contributed by atoms with van der Waals surface area (Å²) in [4.78, 5) is 0.244. The lowest BCUT2D eigenvalue weighted by atomic mass is 10.3. The number of benzene rings is 1. The zero-order valence-electron chi connectivity index (χ0n) is 10.9. The average molecular weight is 315 g/mol. The lowest BCUT2D eigenvalue weighted by Crippen LogP contribution is -2.33. The van der Waals surface area contributed by atoms with Crippen molar-refractivity contribution in [3.8, 4) is 5.75 Å². The highest BCUT2D eigenvalue weighted by atomic mass is 32.2. The number of ether oxygens (including phenoxy) is 1. The Morgan fingerprint density at radius 1 is 1.40 bits per heavy atom. The number of thiocarbonyl (C=S) groups is 1. The van der Waals surface area contributed by atoms with Crippen LogP contribution in [0.3, 0.4) is 0 Å². The Morgan fingerprint density at radius 2 is 2.10 bits per heavy atom. The highest BCUT2D eigenvalue weighted by molar-refractivity contribution is 7.90. The van der Waals surface area contributed by atoms with Gasteiger partial charge in [0, 0.05) is 19.2 Å². The molecule has 0 radical (unpaired) electrons. The average Bonchev–Trinajstić information content (AvgIpc) is 2.91. The molecular formula is C12H17N3O3S2. The van der Waals surface area contributed by atoms with Crippen LogP contribution in [0.1, 0.15) is 12.8 Å². The Labute approximate surface area is 124 Å². The molecule has 1 aromatic rings. The standard InChI is InChI=1S/C12H17N3O3S2/c13-12(19)9-18-11-5-3-4-10(8-11)14-20(16,17)15-6-1-2-7-15/h3-5,8,14H,1-2,6-7,9H2,(H2,13,19). The SMILES string of the molecule is NC(=S)COc1cccc(NS(=O)(=O)N2CCCC2)c1. The van der Waals surface area contributed by atoms with Crippen LogP contribution in [0.5, 0.6) is 5.75 Å². The summed E-state index contributed by atoms with van der Waals surface area (Å²) < 4.78 is 33.5. The van der Waals surface area contributed by atoms with Gasteiger partial charge in [-0.2, -0.15) is 12.7 Å². The van der Waals surface area contributed by atoms with Gasteiger partial charge >= 0.3 is 10.2 Å². The van der Waals surface area contributed by atoms with E-state index in [4.69, 9.17) is 22.7 Å². The lowest BCUT2D eigenvalue weighted by Gasteiger charge is -2.17. The summed E-state index contributed by atoms with van der Waals surface area (Å²) in [6.45, 7) is 1.25. The Kier molecular flexibility index (Phi) is 4.79. The van der Waals surface area contributed by atoms with Gasteiger partial charge in [-0.3, -0.25) is 4.72 Å². The maximum Gasteiger partial charge on any atom is 0.301 e. The number of nitrogens with one attached hydrogen (secondary N) is 1. The third-order valence-corrected chi connectivity index (χ3v) is 4.52. The van der Waals surface area contributed by atoms with Crippen LogP contribution in [-0.2, 0) is 10.2 Å². The van der Waals surface area contributed by atoms with Crippen molar-refractivity contribution in [3.05, 3.63) is 24.3 Å². The molecule has 0 aliphatic carbocycles. The van der Waals surface area contributed by atoms with Crippen molar-refractivity contribution in [1.29, 1.82) is 0 Å². The summed E-state index contributed by atoms with van der Waals surface area (Å²) in [6.07, 6.45) is 1.80. The van der Waals surface area contributed by atoms with Gasteiger partial charge in [0.1, 0.15) is 17.3 Å². The van der Waals surface area contributed by atoms with Crippen LogP contribution in [0.4, 0.5) is 5.69 Å². The predicted octanol–water partition coefficient (Wildman–Crippen LogP) is 1.10. The molecule has 2 rings (SSSR count). The monoisotopic (exact) mass is 315 g/mol. The molecule has 1 fully saturated rings. The number of nitrogens with zero attached hydrogens (tertiary/aromatic N) is 1. The van der Waals surface area contributed by atoms with Crippen LogP contribution in [0.15, 0.2) is 24.3 Å². The second kappa shape index (κ2) is 6.38. The van der Waals surface area contributed by atoms with E-state index in [0.717, 1.165) is 12.8 Å². The predicted molar refractivity (Wildman–Crippen MR) is 82.1 cm³/mol. The van der Waals surface area contributed by atoms with Gasteiger partial charge in [-0.05, 0) is 25.0 Å². The molecule has 6 nitrogen and oxygen atoms in total. The molecule has 0 aromatic heterocycles. The van der Waals surface area contributed by atoms with Gasteiger partial charge < -0.3 is 10.5 Å². The minimum atomic E-state index is -3.48. The molecule has 1 aliphatic rings. The molecule has 1 saturated heterocycles. The summed E-state index contributed by atoms with van der Waals surface area (Å²) in [5.74, 6) is 0.513. The van der Waals surface area contributed by atoms with E-state index >= 15 is 0 Å². The van der Waals surface area contributed by atoms with E-state index in [2.05, 4.69) is 4.72 Å². The first-order valence-electron chi connectivity index (χ1n) is 6.26. The van der Waals surface area contributed by atoms with Crippen LogP contribution in [0.25, 0.3) is 0 Å². The van der Waals surface area contributed by atoms with Crippen molar-refractivity contribution >= 4 is 33.1 Å². The number of anilines is 1. The fourth-order valence-electron chi connectivity index (χ4n) is 1.95. The largest absolute Gasteiger partial charge is 0.486 e. The molecule has 1 aliphatic heterocycles. The fourth-order valence-corrected chi connectivity index (χ4v) is 3.30. The summed E-state index contributed by atoms with van der Waals surface area (Å²) in [7, 11) is -3.48. The minimum Gasteiger partial charge on any atom is -0.486 e. The third-order valence-electron chi connectivity index (χ3n) is 2.87. The second-order valence-corrected chi connectivity index (χ2v) is 6.69. The third kappa shape index (κ3) is 4.06. The van der Waals surface area contributed by atoms with E-state index in [1.807, 2.05) is 0 Å². The molecule has 20 heavy (non-hydrogen) atoms. The van der Waals surface area contributed by atoms with Crippen molar-refractivity contribution in [2.24, 2.45) is 5.73 Å². The number of hydrogen-bond donors (Lipinski definition) is 2. The van der Waals surface area contributed by atoms with E-state index in [0.29, 0.717) is 24.5 Å². The van der Waals surface area contributed by atoms with Crippen LogP contribution in [0.2, 0.25) is 0 Å². The Bertz CT molecular complexity index is 583. The molecular weight excluding hydrogens is 298 g/mol. The van der Waals surface area contributed by atoms with Crippen LogP contribution >= 0.6 is 12.2 Å². The number of nitrogens with two attached hydrogens (primary N) is 1.